The second kappa shape index (κ2) is 13.4. The fraction of sp³-hybridized carbons (Fsp3) is 0.550. The number of carbonyl (C=O) groups excluding carboxylic acids is 3. The predicted octanol–water partition coefficient (Wildman–Crippen LogP) is 1.19. The zero-order valence-electron chi connectivity index (χ0n) is 18.6. The maximum Gasteiger partial charge on any atom is 0.319 e. The molecule has 0 atom stereocenters. The normalized spacial score (nSPS) is 10.6. The molecule has 1 aromatic carbocycles. The van der Waals surface area contributed by atoms with Gasteiger partial charge >= 0.3 is 12.1 Å². The maximum atomic E-state index is 12.1. The minimum absolute atomic E-state index is 0.320. The number of nitrogens with zero attached hydrogens (tertiary/aromatic N) is 2. The molecule has 0 spiro atoms. The Balaban J connectivity index is 2.72. The van der Waals surface area contributed by atoms with Crippen molar-refractivity contribution in [3.63, 3.8) is 0 Å². The smallest absolute Gasteiger partial charge is 0.319 e. The van der Waals surface area contributed by atoms with Crippen LogP contribution >= 0.6 is 0 Å². The van der Waals surface area contributed by atoms with Crippen LogP contribution in [0.25, 0.3) is 0 Å². The van der Waals surface area contributed by atoms with Crippen molar-refractivity contribution in [1.29, 1.82) is 0 Å². The molecule has 168 valence electrons. The Labute approximate surface area is 178 Å². The van der Waals surface area contributed by atoms with Gasteiger partial charge in [-0.2, -0.15) is 0 Å². The molecular formula is C20H35N7O3. The van der Waals surface area contributed by atoms with Crippen LogP contribution < -0.4 is 26.6 Å². The topological polar surface area (TPSA) is 118 Å². The molecule has 1 aromatic rings. The van der Waals surface area contributed by atoms with E-state index in [0.29, 0.717) is 30.0 Å². The average Bonchev–Trinajstić information content (AvgIpc) is 2.67. The van der Waals surface area contributed by atoms with Crippen LogP contribution in [0.3, 0.4) is 0 Å². The molecule has 0 aliphatic heterocycles. The Kier molecular flexibility index (Phi) is 11.2. The van der Waals surface area contributed by atoms with E-state index in [-0.39, 0.29) is 18.0 Å². The van der Waals surface area contributed by atoms with Gasteiger partial charge in [0.15, 0.2) is 0 Å². The summed E-state index contributed by atoms with van der Waals surface area (Å²) in [5.74, 6) is -0.320. The van der Waals surface area contributed by atoms with Gasteiger partial charge in [0.2, 0.25) is 0 Å². The summed E-state index contributed by atoms with van der Waals surface area (Å²) < 4.78 is 0. The van der Waals surface area contributed by atoms with Gasteiger partial charge in [-0.05, 0) is 72.3 Å². The van der Waals surface area contributed by atoms with E-state index >= 15 is 0 Å². The fourth-order valence-electron chi connectivity index (χ4n) is 2.59. The third-order valence-electron chi connectivity index (χ3n) is 4.07. The molecule has 0 bridgehead atoms. The number of urea groups is 2. The van der Waals surface area contributed by atoms with Crippen molar-refractivity contribution in [3.05, 3.63) is 23.8 Å². The largest absolute Gasteiger partial charge is 0.355 e. The molecule has 10 heteroatoms. The van der Waals surface area contributed by atoms with Crippen molar-refractivity contribution in [2.24, 2.45) is 0 Å². The number of benzene rings is 1. The van der Waals surface area contributed by atoms with E-state index in [9.17, 15) is 14.4 Å². The Morgan fingerprint density at radius 2 is 1.20 bits per heavy atom. The number of rotatable bonds is 11. The van der Waals surface area contributed by atoms with Gasteiger partial charge in [-0.3, -0.25) is 4.79 Å². The Morgan fingerprint density at radius 1 is 0.767 bits per heavy atom. The lowest BCUT2D eigenvalue weighted by molar-refractivity contribution is 0.0963. The van der Waals surface area contributed by atoms with Crippen molar-refractivity contribution < 1.29 is 14.4 Å². The van der Waals surface area contributed by atoms with Gasteiger partial charge in [-0.1, -0.05) is 0 Å². The van der Waals surface area contributed by atoms with Gasteiger partial charge in [0.1, 0.15) is 0 Å². The lowest BCUT2D eigenvalue weighted by Gasteiger charge is -2.14. The minimum Gasteiger partial charge on any atom is -0.355 e. The van der Waals surface area contributed by atoms with Crippen LogP contribution in [0.1, 0.15) is 23.2 Å². The second-order valence-electron chi connectivity index (χ2n) is 7.45. The molecule has 0 saturated carbocycles. The van der Waals surface area contributed by atoms with Crippen molar-refractivity contribution in [2.45, 2.75) is 12.8 Å². The van der Waals surface area contributed by atoms with Crippen molar-refractivity contribution in [2.75, 3.05) is 72.1 Å². The summed E-state index contributed by atoms with van der Waals surface area (Å²) in [4.78, 5) is 40.4. The van der Waals surface area contributed by atoms with Crippen LogP contribution in [0.5, 0.6) is 0 Å². The maximum absolute atomic E-state index is 12.1. The number of anilines is 2. The van der Waals surface area contributed by atoms with Crippen LogP contribution in [-0.4, -0.2) is 89.2 Å². The predicted molar refractivity (Wildman–Crippen MR) is 120 cm³/mol. The van der Waals surface area contributed by atoms with Crippen LogP contribution in [0, 0.1) is 0 Å². The highest BCUT2D eigenvalue weighted by Gasteiger charge is 2.11. The number of hydrogen-bond donors (Lipinski definition) is 5. The zero-order chi connectivity index (χ0) is 22.5. The van der Waals surface area contributed by atoms with Crippen LogP contribution in [0.2, 0.25) is 0 Å². The van der Waals surface area contributed by atoms with E-state index in [1.807, 2.05) is 38.0 Å². The summed E-state index contributed by atoms with van der Waals surface area (Å²) in [5.41, 5.74) is 1.14. The highest BCUT2D eigenvalue weighted by molar-refractivity contribution is 5.99. The van der Waals surface area contributed by atoms with E-state index in [1.165, 1.54) is 7.05 Å². The van der Waals surface area contributed by atoms with E-state index in [1.54, 1.807) is 18.2 Å². The highest BCUT2D eigenvalue weighted by atomic mass is 16.2. The Bertz CT molecular complexity index is 659. The lowest BCUT2D eigenvalue weighted by Crippen LogP contribution is -2.32. The Hall–Kier alpha value is -2.85. The monoisotopic (exact) mass is 421 g/mol. The molecule has 0 heterocycles. The SMILES string of the molecule is CNC(=O)c1cc(NC(=O)NCCCN(C)C)cc(NC(=O)NCCCN(C)C)c1. The van der Waals surface area contributed by atoms with Gasteiger partial charge in [0.05, 0.1) is 0 Å². The summed E-state index contributed by atoms with van der Waals surface area (Å²) in [6.07, 6.45) is 1.64. The molecule has 0 radical (unpaired) electrons. The molecular weight excluding hydrogens is 386 g/mol. The highest BCUT2D eigenvalue weighted by Crippen LogP contribution is 2.19. The second-order valence-corrected chi connectivity index (χ2v) is 7.45. The first kappa shape index (κ1) is 25.2. The first-order valence-corrected chi connectivity index (χ1v) is 9.97. The number of carbonyl (C=O) groups is 3. The molecule has 0 aliphatic carbocycles. The molecule has 5 amide bonds. The average molecular weight is 422 g/mol. The lowest BCUT2D eigenvalue weighted by atomic mass is 10.1. The molecule has 1 rings (SSSR count). The van der Waals surface area contributed by atoms with Crippen LogP contribution in [0.4, 0.5) is 21.0 Å². The summed E-state index contributed by atoms with van der Waals surface area (Å²) in [7, 11) is 9.40. The summed E-state index contributed by atoms with van der Waals surface area (Å²) in [6.45, 7) is 2.79. The third kappa shape index (κ3) is 10.6. The van der Waals surface area contributed by atoms with Gasteiger partial charge < -0.3 is 36.4 Å². The van der Waals surface area contributed by atoms with Crippen LogP contribution in [-0.2, 0) is 0 Å². The fourth-order valence-corrected chi connectivity index (χ4v) is 2.59. The number of amides is 5. The summed E-state index contributed by atoms with van der Waals surface area (Å²) in [6, 6.07) is 3.96. The van der Waals surface area contributed by atoms with Gasteiger partial charge in [0, 0.05) is 37.1 Å². The molecule has 5 N–H and O–H groups in total. The first-order valence-electron chi connectivity index (χ1n) is 9.97. The zero-order valence-corrected chi connectivity index (χ0v) is 18.6. The van der Waals surface area contributed by atoms with Crippen molar-refractivity contribution in [3.8, 4) is 0 Å². The molecule has 10 nitrogen and oxygen atoms in total. The molecule has 30 heavy (non-hydrogen) atoms. The molecule has 0 saturated heterocycles. The molecule has 0 aliphatic rings. The Morgan fingerprint density at radius 3 is 1.57 bits per heavy atom. The van der Waals surface area contributed by atoms with Crippen LogP contribution in [0.15, 0.2) is 18.2 Å². The standard InChI is InChI=1S/C20H35N7O3/c1-21-18(28)15-12-16(24-19(29)22-8-6-10-26(2)3)14-17(13-15)25-20(30)23-9-7-11-27(4)5/h12-14H,6-11H2,1-5H3,(H,21,28)(H2,22,24,29)(H2,23,25,30). The first-order chi connectivity index (χ1) is 14.2. The summed E-state index contributed by atoms with van der Waals surface area (Å²) >= 11 is 0. The van der Waals surface area contributed by atoms with Gasteiger partial charge in [-0.25, -0.2) is 9.59 Å². The third-order valence-corrected chi connectivity index (χ3v) is 4.07. The molecule has 0 unspecified atom stereocenters. The van der Waals surface area contributed by atoms with E-state index in [4.69, 9.17) is 0 Å². The summed E-state index contributed by atoms with van der Waals surface area (Å²) in [5, 5.41) is 13.5. The van der Waals surface area contributed by atoms with E-state index < -0.39 is 0 Å². The number of hydrogen-bond acceptors (Lipinski definition) is 5. The van der Waals surface area contributed by atoms with Gasteiger partial charge in [-0.15, -0.1) is 0 Å². The van der Waals surface area contributed by atoms with Gasteiger partial charge in [0.25, 0.3) is 5.91 Å². The van der Waals surface area contributed by atoms with E-state index in [2.05, 4.69) is 26.6 Å². The van der Waals surface area contributed by atoms with Crippen molar-refractivity contribution >= 4 is 29.3 Å². The molecule has 0 fully saturated rings. The number of nitrogens with one attached hydrogen (secondary N) is 5. The molecule has 0 aromatic heterocycles. The minimum atomic E-state index is -0.373. The quantitative estimate of drug-likeness (QED) is 0.344. The van der Waals surface area contributed by atoms with Crippen molar-refractivity contribution in [1.82, 2.24) is 25.8 Å². The van der Waals surface area contributed by atoms with E-state index in [0.717, 1.165) is 25.9 Å².